The summed E-state index contributed by atoms with van der Waals surface area (Å²) in [5.74, 6) is 0. The standard InChI is InChI=1S/C20H36O6/c1-3-21-8-10-23-12-14-25-17-19-6-5-7-20(16-19)18-26-15-13-24-11-9-22-4-2/h17-18H,3-16H2,1-2H3/b19-17-,20-18+. The zero-order chi connectivity index (χ0) is 18.7. The third-order valence-corrected chi connectivity index (χ3v) is 3.79. The first-order valence-corrected chi connectivity index (χ1v) is 9.76. The highest BCUT2D eigenvalue weighted by Gasteiger charge is 2.11. The van der Waals surface area contributed by atoms with E-state index in [1.165, 1.54) is 11.1 Å². The van der Waals surface area contributed by atoms with E-state index in [4.69, 9.17) is 28.4 Å². The van der Waals surface area contributed by atoms with Gasteiger partial charge in [0.25, 0.3) is 0 Å². The van der Waals surface area contributed by atoms with Crippen LogP contribution in [-0.4, -0.2) is 66.1 Å². The van der Waals surface area contributed by atoms with Gasteiger partial charge in [0.15, 0.2) is 0 Å². The summed E-state index contributed by atoms with van der Waals surface area (Å²) in [4.78, 5) is 0. The van der Waals surface area contributed by atoms with E-state index in [1.54, 1.807) is 0 Å². The minimum Gasteiger partial charge on any atom is -0.499 e. The van der Waals surface area contributed by atoms with Gasteiger partial charge in [0.05, 0.1) is 52.2 Å². The lowest BCUT2D eigenvalue weighted by Crippen LogP contribution is -2.09. The third-order valence-electron chi connectivity index (χ3n) is 3.79. The molecule has 0 heterocycles. The van der Waals surface area contributed by atoms with Gasteiger partial charge in [-0.05, 0) is 50.7 Å². The Kier molecular flexibility index (Phi) is 15.3. The number of rotatable bonds is 16. The molecule has 0 radical (unpaired) electrons. The van der Waals surface area contributed by atoms with E-state index in [-0.39, 0.29) is 0 Å². The average molecular weight is 373 g/mol. The summed E-state index contributed by atoms with van der Waals surface area (Å²) in [6.45, 7) is 10.3. The fraction of sp³-hybridized carbons (Fsp3) is 0.800. The quantitative estimate of drug-likeness (QED) is 0.305. The van der Waals surface area contributed by atoms with Gasteiger partial charge in [-0.3, -0.25) is 0 Å². The fourth-order valence-corrected chi connectivity index (χ4v) is 2.51. The molecule has 0 aromatic rings. The molecule has 0 aromatic carbocycles. The first-order valence-electron chi connectivity index (χ1n) is 9.76. The van der Waals surface area contributed by atoms with Crippen LogP contribution >= 0.6 is 0 Å². The molecule has 6 heteroatoms. The van der Waals surface area contributed by atoms with Crippen LogP contribution in [-0.2, 0) is 28.4 Å². The summed E-state index contributed by atoms with van der Waals surface area (Å²) in [6, 6.07) is 0. The second kappa shape index (κ2) is 17.3. The molecular weight excluding hydrogens is 336 g/mol. The van der Waals surface area contributed by atoms with E-state index in [2.05, 4.69) is 0 Å². The fourth-order valence-electron chi connectivity index (χ4n) is 2.51. The molecule has 0 atom stereocenters. The minimum atomic E-state index is 0.574. The summed E-state index contributed by atoms with van der Waals surface area (Å²) in [5, 5.41) is 0. The van der Waals surface area contributed by atoms with Crippen molar-refractivity contribution < 1.29 is 28.4 Å². The maximum Gasteiger partial charge on any atom is 0.111 e. The molecule has 1 aliphatic carbocycles. The molecule has 0 aromatic heterocycles. The molecule has 0 aliphatic heterocycles. The molecule has 0 saturated heterocycles. The zero-order valence-electron chi connectivity index (χ0n) is 16.5. The molecule has 0 spiro atoms. The molecular formula is C20H36O6. The molecule has 0 N–H and O–H groups in total. The van der Waals surface area contributed by atoms with Gasteiger partial charge in [0.2, 0.25) is 0 Å². The minimum absolute atomic E-state index is 0.574. The largest absolute Gasteiger partial charge is 0.499 e. The Balaban J connectivity index is 2.05. The zero-order valence-corrected chi connectivity index (χ0v) is 16.5. The van der Waals surface area contributed by atoms with Crippen molar-refractivity contribution in [2.45, 2.75) is 39.5 Å². The molecule has 26 heavy (non-hydrogen) atoms. The Hall–Kier alpha value is -1.08. The number of hydrogen-bond donors (Lipinski definition) is 0. The number of hydrogen-bond acceptors (Lipinski definition) is 6. The van der Waals surface area contributed by atoms with Crippen LogP contribution in [0, 0.1) is 0 Å². The summed E-state index contributed by atoms with van der Waals surface area (Å²) in [6.07, 6.45) is 8.01. The lowest BCUT2D eigenvalue weighted by Gasteiger charge is -2.17. The number of allylic oxidation sites excluding steroid dienone is 2. The summed E-state index contributed by atoms with van der Waals surface area (Å²) < 4.78 is 32.4. The topological polar surface area (TPSA) is 55.4 Å². The van der Waals surface area contributed by atoms with Crippen LogP contribution in [0.4, 0.5) is 0 Å². The molecule has 1 saturated carbocycles. The number of ether oxygens (including phenoxy) is 6. The van der Waals surface area contributed by atoms with Crippen molar-refractivity contribution in [3.05, 3.63) is 23.7 Å². The Bertz CT molecular complexity index is 346. The van der Waals surface area contributed by atoms with E-state index in [0.717, 1.165) is 38.9 Å². The van der Waals surface area contributed by atoms with Crippen LogP contribution in [0.1, 0.15) is 39.5 Å². The smallest absolute Gasteiger partial charge is 0.111 e. The van der Waals surface area contributed by atoms with Gasteiger partial charge in [0, 0.05) is 13.2 Å². The molecule has 152 valence electrons. The SMILES string of the molecule is CCOCCOCCO/C=C1/CCC/C(=C\OCCOCCOCC)C1. The highest BCUT2D eigenvalue weighted by atomic mass is 16.5. The Morgan fingerprint density at radius 1 is 0.615 bits per heavy atom. The van der Waals surface area contributed by atoms with Gasteiger partial charge in [0.1, 0.15) is 13.2 Å². The molecule has 6 nitrogen and oxygen atoms in total. The predicted octanol–water partition coefficient (Wildman–Crippen LogP) is 3.47. The molecule has 0 amide bonds. The van der Waals surface area contributed by atoms with Crippen molar-refractivity contribution in [3.8, 4) is 0 Å². The Labute approximate surface area is 158 Å². The van der Waals surface area contributed by atoms with Crippen LogP contribution in [0.5, 0.6) is 0 Å². The van der Waals surface area contributed by atoms with E-state index in [1.807, 2.05) is 26.4 Å². The van der Waals surface area contributed by atoms with E-state index < -0.39 is 0 Å². The van der Waals surface area contributed by atoms with Gasteiger partial charge in [-0.15, -0.1) is 0 Å². The summed E-state index contributed by atoms with van der Waals surface area (Å²) in [5.41, 5.74) is 2.63. The summed E-state index contributed by atoms with van der Waals surface area (Å²) >= 11 is 0. The van der Waals surface area contributed by atoms with Gasteiger partial charge in [-0.25, -0.2) is 0 Å². The van der Waals surface area contributed by atoms with Crippen molar-refractivity contribution in [3.63, 3.8) is 0 Å². The van der Waals surface area contributed by atoms with Crippen molar-refractivity contribution in [1.29, 1.82) is 0 Å². The maximum atomic E-state index is 5.59. The van der Waals surface area contributed by atoms with Crippen molar-refractivity contribution in [2.24, 2.45) is 0 Å². The van der Waals surface area contributed by atoms with Crippen LogP contribution in [0.2, 0.25) is 0 Å². The predicted molar refractivity (Wildman–Crippen MR) is 101 cm³/mol. The Morgan fingerprint density at radius 3 is 1.50 bits per heavy atom. The third kappa shape index (κ3) is 13.2. The van der Waals surface area contributed by atoms with Gasteiger partial charge in [-0.2, -0.15) is 0 Å². The molecule has 1 rings (SSSR count). The first kappa shape index (κ1) is 23.0. The van der Waals surface area contributed by atoms with Crippen LogP contribution in [0.25, 0.3) is 0 Å². The Morgan fingerprint density at radius 2 is 1.04 bits per heavy atom. The second-order valence-electron chi connectivity index (χ2n) is 5.94. The lowest BCUT2D eigenvalue weighted by atomic mass is 9.92. The van der Waals surface area contributed by atoms with Gasteiger partial charge < -0.3 is 28.4 Å². The van der Waals surface area contributed by atoms with Gasteiger partial charge >= 0.3 is 0 Å². The second-order valence-corrected chi connectivity index (χ2v) is 5.94. The highest BCUT2D eigenvalue weighted by Crippen LogP contribution is 2.27. The molecule has 0 bridgehead atoms. The van der Waals surface area contributed by atoms with Crippen molar-refractivity contribution >= 4 is 0 Å². The van der Waals surface area contributed by atoms with Crippen LogP contribution in [0.3, 0.4) is 0 Å². The normalized spacial score (nSPS) is 17.8. The molecule has 1 fully saturated rings. The van der Waals surface area contributed by atoms with E-state index in [0.29, 0.717) is 52.9 Å². The lowest BCUT2D eigenvalue weighted by molar-refractivity contribution is 0.0336. The van der Waals surface area contributed by atoms with Crippen molar-refractivity contribution in [1.82, 2.24) is 0 Å². The van der Waals surface area contributed by atoms with E-state index >= 15 is 0 Å². The molecule has 0 unspecified atom stereocenters. The van der Waals surface area contributed by atoms with Crippen LogP contribution in [0.15, 0.2) is 23.7 Å². The van der Waals surface area contributed by atoms with Crippen LogP contribution < -0.4 is 0 Å². The monoisotopic (exact) mass is 372 g/mol. The highest BCUT2D eigenvalue weighted by molar-refractivity contribution is 5.16. The maximum absolute atomic E-state index is 5.59. The van der Waals surface area contributed by atoms with Gasteiger partial charge in [-0.1, -0.05) is 0 Å². The van der Waals surface area contributed by atoms with E-state index in [9.17, 15) is 0 Å². The molecule has 1 aliphatic rings. The average Bonchev–Trinajstić information content (AvgIpc) is 2.66. The summed E-state index contributed by atoms with van der Waals surface area (Å²) in [7, 11) is 0. The van der Waals surface area contributed by atoms with Crippen molar-refractivity contribution in [2.75, 3.05) is 66.1 Å². The first-order chi connectivity index (χ1) is 12.9.